The van der Waals surface area contributed by atoms with Gasteiger partial charge in [0.2, 0.25) is 0 Å². The average molecular weight is 261 g/mol. The topological polar surface area (TPSA) is 52.3 Å². The van der Waals surface area contributed by atoms with Gasteiger partial charge in [-0.2, -0.15) is 0 Å². The first kappa shape index (κ1) is 14.1. The minimum atomic E-state index is -0.150. The fourth-order valence-corrected chi connectivity index (χ4v) is 3.22. The molecule has 2 unspecified atom stereocenters. The third-order valence-corrected chi connectivity index (χ3v) is 4.50. The molecule has 0 aromatic heterocycles. The van der Waals surface area contributed by atoms with E-state index in [4.69, 9.17) is 10.5 Å². The van der Waals surface area contributed by atoms with Crippen molar-refractivity contribution >= 4 is 5.97 Å². The Morgan fingerprint density at radius 3 is 2.74 bits per heavy atom. The Kier molecular flexibility index (Phi) is 4.25. The first-order valence-corrected chi connectivity index (χ1v) is 7.00. The summed E-state index contributed by atoms with van der Waals surface area (Å²) in [6.07, 6.45) is 4.16. The van der Waals surface area contributed by atoms with Crippen LogP contribution in [-0.4, -0.2) is 19.1 Å². The third kappa shape index (κ3) is 2.81. The van der Waals surface area contributed by atoms with E-state index in [0.717, 1.165) is 25.7 Å². The lowest BCUT2D eigenvalue weighted by Crippen LogP contribution is -2.46. The first-order chi connectivity index (χ1) is 9.11. The zero-order valence-corrected chi connectivity index (χ0v) is 11.8. The standard InChI is InChI=1S/C16H23NO2/c1-3-14(17)16(11-15(18)19-2)9-8-12-6-4-5-7-13(12)10-16/h4-7,14H,3,8-11,17H2,1-2H3. The fourth-order valence-electron chi connectivity index (χ4n) is 3.22. The van der Waals surface area contributed by atoms with E-state index in [1.54, 1.807) is 0 Å². The monoisotopic (exact) mass is 261 g/mol. The van der Waals surface area contributed by atoms with Gasteiger partial charge in [0.15, 0.2) is 0 Å². The summed E-state index contributed by atoms with van der Waals surface area (Å²) in [5.41, 5.74) is 8.92. The molecular weight excluding hydrogens is 238 g/mol. The van der Waals surface area contributed by atoms with Crippen molar-refractivity contribution in [1.29, 1.82) is 0 Å². The van der Waals surface area contributed by atoms with Crippen LogP contribution in [0.2, 0.25) is 0 Å². The van der Waals surface area contributed by atoms with Crippen LogP contribution in [0.1, 0.15) is 37.3 Å². The van der Waals surface area contributed by atoms with Crippen molar-refractivity contribution in [1.82, 2.24) is 0 Å². The minimum absolute atomic E-state index is 0.0416. The van der Waals surface area contributed by atoms with Gasteiger partial charge in [-0.05, 0) is 36.8 Å². The van der Waals surface area contributed by atoms with Crippen molar-refractivity contribution in [3.8, 4) is 0 Å². The molecular formula is C16H23NO2. The van der Waals surface area contributed by atoms with Crippen LogP contribution < -0.4 is 5.73 Å². The molecule has 2 rings (SSSR count). The second-order valence-electron chi connectivity index (χ2n) is 5.58. The molecule has 0 fully saturated rings. The molecule has 0 aliphatic heterocycles. The van der Waals surface area contributed by atoms with E-state index >= 15 is 0 Å². The molecule has 1 aliphatic carbocycles. The smallest absolute Gasteiger partial charge is 0.306 e. The maximum atomic E-state index is 11.7. The van der Waals surface area contributed by atoms with Crippen molar-refractivity contribution in [2.75, 3.05) is 7.11 Å². The molecule has 3 nitrogen and oxygen atoms in total. The van der Waals surface area contributed by atoms with Gasteiger partial charge in [0.1, 0.15) is 0 Å². The van der Waals surface area contributed by atoms with E-state index in [2.05, 4.69) is 31.2 Å². The van der Waals surface area contributed by atoms with Gasteiger partial charge in [-0.1, -0.05) is 31.2 Å². The number of nitrogens with two attached hydrogens (primary N) is 1. The second kappa shape index (κ2) is 5.74. The molecule has 104 valence electrons. The van der Waals surface area contributed by atoms with Crippen molar-refractivity contribution in [2.24, 2.45) is 11.1 Å². The number of esters is 1. The van der Waals surface area contributed by atoms with E-state index in [9.17, 15) is 4.79 Å². The molecule has 2 N–H and O–H groups in total. The third-order valence-electron chi connectivity index (χ3n) is 4.50. The SMILES string of the molecule is CCC(N)C1(CC(=O)OC)CCc2ccccc2C1. The van der Waals surface area contributed by atoms with Crippen LogP contribution in [0.5, 0.6) is 0 Å². The number of rotatable bonds is 4. The number of carbonyl (C=O) groups excluding carboxylic acids is 1. The molecule has 0 amide bonds. The zero-order chi connectivity index (χ0) is 13.9. The molecule has 0 heterocycles. The predicted molar refractivity (Wildman–Crippen MR) is 75.8 cm³/mol. The number of methoxy groups -OCH3 is 1. The number of carbonyl (C=O) groups is 1. The van der Waals surface area contributed by atoms with Gasteiger partial charge in [-0.25, -0.2) is 0 Å². The highest BCUT2D eigenvalue weighted by atomic mass is 16.5. The largest absolute Gasteiger partial charge is 0.469 e. The van der Waals surface area contributed by atoms with Crippen LogP contribution in [0.15, 0.2) is 24.3 Å². The van der Waals surface area contributed by atoms with Crippen molar-refractivity contribution < 1.29 is 9.53 Å². The van der Waals surface area contributed by atoms with Crippen molar-refractivity contribution in [3.05, 3.63) is 35.4 Å². The quantitative estimate of drug-likeness (QED) is 0.847. The number of benzene rings is 1. The summed E-state index contributed by atoms with van der Waals surface area (Å²) in [6.45, 7) is 2.09. The summed E-state index contributed by atoms with van der Waals surface area (Å²) in [5.74, 6) is -0.150. The zero-order valence-electron chi connectivity index (χ0n) is 11.8. The fraction of sp³-hybridized carbons (Fsp3) is 0.562. The molecule has 3 heteroatoms. The maximum absolute atomic E-state index is 11.7. The molecule has 2 atom stereocenters. The Hall–Kier alpha value is -1.35. The number of ether oxygens (including phenoxy) is 1. The van der Waals surface area contributed by atoms with Gasteiger partial charge >= 0.3 is 5.97 Å². The Morgan fingerprint density at radius 1 is 1.42 bits per heavy atom. The maximum Gasteiger partial charge on any atom is 0.306 e. The summed E-state index contributed by atoms with van der Waals surface area (Å²) in [5, 5.41) is 0. The summed E-state index contributed by atoms with van der Waals surface area (Å²) < 4.78 is 4.87. The summed E-state index contributed by atoms with van der Waals surface area (Å²) in [7, 11) is 1.45. The lowest BCUT2D eigenvalue weighted by Gasteiger charge is -2.41. The highest BCUT2D eigenvalue weighted by Gasteiger charge is 2.40. The van der Waals surface area contributed by atoms with Crippen LogP contribution in [0.3, 0.4) is 0 Å². The van der Waals surface area contributed by atoms with Gasteiger partial charge in [-0.15, -0.1) is 0 Å². The van der Waals surface area contributed by atoms with Crippen LogP contribution >= 0.6 is 0 Å². The van der Waals surface area contributed by atoms with Gasteiger partial charge in [-0.3, -0.25) is 4.79 Å². The molecule has 1 aromatic rings. The average Bonchev–Trinajstić information content (AvgIpc) is 2.46. The van der Waals surface area contributed by atoms with Crippen LogP contribution in [0, 0.1) is 5.41 Å². The van der Waals surface area contributed by atoms with Crippen LogP contribution in [-0.2, 0) is 22.4 Å². The molecule has 1 aromatic carbocycles. The lowest BCUT2D eigenvalue weighted by atomic mass is 9.65. The molecule has 0 radical (unpaired) electrons. The van der Waals surface area contributed by atoms with Crippen molar-refractivity contribution in [3.63, 3.8) is 0 Å². The van der Waals surface area contributed by atoms with E-state index in [1.807, 2.05) is 0 Å². The highest BCUT2D eigenvalue weighted by molar-refractivity contribution is 5.70. The Morgan fingerprint density at radius 2 is 2.11 bits per heavy atom. The number of fused-ring (bicyclic) bond motifs is 1. The molecule has 19 heavy (non-hydrogen) atoms. The summed E-state index contributed by atoms with van der Waals surface area (Å²) >= 11 is 0. The van der Waals surface area contributed by atoms with Gasteiger partial charge in [0, 0.05) is 11.5 Å². The normalized spacial score (nSPS) is 23.5. The summed E-state index contributed by atoms with van der Waals surface area (Å²) in [4.78, 5) is 11.7. The second-order valence-corrected chi connectivity index (χ2v) is 5.58. The number of hydrogen-bond donors (Lipinski definition) is 1. The van der Waals surface area contributed by atoms with E-state index in [1.165, 1.54) is 18.2 Å². The van der Waals surface area contributed by atoms with Crippen LogP contribution in [0.25, 0.3) is 0 Å². The first-order valence-electron chi connectivity index (χ1n) is 7.00. The van der Waals surface area contributed by atoms with E-state index in [-0.39, 0.29) is 17.4 Å². The summed E-state index contributed by atoms with van der Waals surface area (Å²) in [6, 6.07) is 8.51. The Labute approximate surface area is 115 Å². The van der Waals surface area contributed by atoms with E-state index < -0.39 is 0 Å². The molecule has 0 saturated heterocycles. The van der Waals surface area contributed by atoms with Gasteiger partial charge in [0.25, 0.3) is 0 Å². The van der Waals surface area contributed by atoms with Gasteiger partial charge in [0.05, 0.1) is 13.5 Å². The van der Waals surface area contributed by atoms with Gasteiger partial charge < -0.3 is 10.5 Å². The number of hydrogen-bond acceptors (Lipinski definition) is 3. The molecule has 0 bridgehead atoms. The molecule has 1 aliphatic rings. The minimum Gasteiger partial charge on any atom is -0.469 e. The highest BCUT2D eigenvalue weighted by Crippen LogP contribution is 2.41. The molecule has 0 spiro atoms. The molecule has 0 saturated carbocycles. The Bertz CT molecular complexity index is 458. The van der Waals surface area contributed by atoms with Crippen molar-refractivity contribution in [2.45, 2.75) is 45.1 Å². The lowest BCUT2D eigenvalue weighted by molar-refractivity contribution is -0.144. The Balaban J connectivity index is 2.28. The number of aryl methyl sites for hydroxylation is 1. The van der Waals surface area contributed by atoms with Crippen LogP contribution in [0.4, 0.5) is 0 Å². The predicted octanol–water partition coefficient (Wildman–Crippen LogP) is 2.46. The van der Waals surface area contributed by atoms with E-state index in [0.29, 0.717) is 6.42 Å².